The van der Waals surface area contributed by atoms with Gasteiger partial charge in [0.2, 0.25) is 11.8 Å². The van der Waals surface area contributed by atoms with Crippen LogP contribution in [0.4, 0.5) is 10.0 Å². The summed E-state index contributed by atoms with van der Waals surface area (Å²) in [5.41, 5.74) is 11.5. The van der Waals surface area contributed by atoms with Gasteiger partial charge in [0.1, 0.15) is 21.5 Å². The molecule has 0 atom stereocenters. The zero-order valence-corrected chi connectivity index (χ0v) is 25.4. The van der Waals surface area contributed by atoms with Crippen molar-refractivity contribution in [1.82, 2.24) is 0 Å². The number of carbonyl (C=O) groups excluding carboxylic acids is 4. The molecule has 0 spiro atoms. The van der Waals surface area contributed by atoms with Gasteiger partial charge < -0.3 is 31.9 Å². The van der Waals surface area contributed by atoms with Crippen LogP contribution in [-0.4, -0.2) is 35.8 Å². The molecule has 2 aliphatic carbocycles. The molecule has 2 aromatic carbocycles. The van der Waals surface area contributed by atoms with Crippen LogP contribution in [0.1, 0.15) is 46.4 Å². The molecule has 0 bridgehead atoms. The first kappa shape index (κ1) is 32.8. The maximum Gasteiger partial charge on any atom is 0.252 e. The quantitative estimate of drug-likeness (QED) is 0.158. The number of hydrogen-bond donors (Lipinski definition) is 5. The SMILES string of the molecule is C=C.C=C.COc1ccc2c(C(N)=O)c(NC(=O)C3CC3)sc2c1.NC(=O)c1c(NC(=O)C2CC2)sc2cc(O)ccc12. The Morgan fingerprint density at radius 2 is 1.19 bits per heavy atom. The number of thiophene rings is 2. The zero-order chi connectivity index (χ0) is 31.8. The zero-order valence-electron chi connectivity index (χ0n) is 23.7. The molecule has 2 saturated carbocycles. The molecule has 0 aliphatic heterocycles. The fourth-order valence-electron chi connectivity index (χ4n) is 4.07. The summed E-state index contributed by atoms with van der Waals surface area (Å²) in [4.78, 5) is 46.9. The Balaban J connectivity index is 0.000000212. The number of rotatable bonds is 7. The lowest BCUT2D eigenvalue weighted by molar-refractivity contribution is -0.118. The van der Waals surface area contributed by atoms with Gasteiger partial charge in [-0.3, -0.25) is 19.2 Å². The molecule has 0 unspecified atom stereocenters. The van der Waals surface area contributed by atoms with Crippen LogP contribution in [-0.2, 0) is 9.59 Å². The highest BCUT2D eigenvalue weighted by molar-refractivity contribution is 7.24. The number of amides is 4. The van der Waals surface area contributed by atoms with Crippen molar-refractivity contribution in [2.24, 2.45) is 23.3 Å². The van der Waals surface area contributed by atoms with Gasteiger partial charge in [-0.05, 0) is 62.1 Å². The number of nitrogens with two attached hydrogens (primary N) is 2. The first-order valence-electron chi connectivity index (χ1n) is 13.2. The van der Waals surface area contributed by atoms with Crippen molar-refractivity contribution in [2.75, 3.05) is 17.7 Å². The lowest BCUT2D eigenvalue weighted by Crippen LogP contribution is -2.17. The van der Waals surface area contributed by atoms with Crippen LogP contribution in [0.2, 0.25) is 0 Å². The number of fused-ring (bicyclic) bond motifs is 2. The smallest absolute Gasteiger partial charge is 0.252 e. The van der Waals surface area contributed by atoms with Gasteiger partial charge in [-0.1, -0.05) is 0 Å². The van der Waals surface area contributed by atoms with Crippen LogP contribution in [0.3, 0.4) is 0 Å². The molecule has 43 heavy (non-hydrogen) atoms. The number of benzene rings is 2. The van der Waals surface area contributed by atoms with Gasteiger partial charge in [0, 0.05) is 32.0 Å². The third kappa shape index (κ3) is 7.79. The van der Waals surface area contributed by atoms with Crippen LogP contribution in [0.25, 0.3) is 20.2 Å². The minimum atomic E-state index is -0.581. The minimum Gasteiger partial charge on any atom is -0.508 e. The Kier molecular flexibility index (Phi) is 11.1. The molecule has 4 amide bonds. The topological polar surface area (TPSA) is 174 Å². The van der Waals surface area contributed by atoms with Gasteiger partial charge in [-0.2, -0.15) is 0 Å². The Morgan fingerprint density at radius 1 is 0.767 bits per heavy atom. The van der Waals surface area contributed by atoms with Gasteiger partial charge in [0.15, 0.2) is 0 Å². The Labute approximate surface area is 257 Å². The van der Waals surface area contributed by atoms with E-state index in [1.165, 1.54) is 28.7 Å². The molecule has 2 heterocycles. The van der Waals surface area contributed by atoms with Crippen molar-refractivity contribution in [2.45, 2.75) is 25.7 Å². The number of hydrogen-bond acceptors (Lipinski definition) is 8. The second-order valence-corrected chi connectivity index (χ2v) is 11.5. The van der Waals surface area contributed by atoms with Crippen molar-refractivity contribution < 1.29 is 29.0 Å². The van der Waals surface area contributed by atoms with E-state index in [9.17, 15) is 24.3 Å². The number of nitrogens with one attached hydrogen (secondary N) is 2. The predicted octanol–water partition coefficient (Wildman–Crippen LogP) is 6.02. The van der Waals surface area contributed by atoms with E-state index in [2.05, 4.69) is 36.9 Å². The van der Waals surface area contributed by atoms with Crippen molar-refractivity contribution in [3.63, 3.8) is 0 Å². The lowest BCUT2D eigenvalue weighted by Gasteiger charge is -2.03. The van der Waals surface area contributed by atoms with E-state index >= 15 is 0 Å². The van der Waals surface area contributed by atoms with Crippen LogP contribution < -0.4 is 26.8 Å². The first-order chi connectivity index (χ1) is 20.7. The molecule has 0 radical (unpaired) electrons. The highest BCUT2D eigenvalue weighted by atomic mass is 32.1. The maximum absolute atomic E-state index is 11.9. The molecular weight excluding hydrogens is 588 g/mol. The summed E-state index contributed by atoms with van der Waals surface area (Å²) in [6.45, 7) is 12.0. The van der Waals surface area contributed by atoms with Crippen molar-refractivity contribution in [3.8, 4) is 11.5 Å². The maximum atomic E-state index is 11.9. The summed E-state index contributed by atoms with van der Waals surface area (Å²) in [6.07, 6.45) is 3.61. The number of methoxy groups -OCH3 is 1. The van der Waals surface area contributed by atoms with Crippen molar-refractivity contribution in [1.29, 1.82) is 0 Å². The molecule has 12 heteroatoms. The van der Waals surface area contributed by atoms with Crippen LogP contribution in [0.15, 0.2) is 62.7 Å². The summed E-state index contributed by atoms with van der Waals surface area (Å²) >= 11 is 2.59. The van der Waals surface area contributed by atoms with E-state index in [-0.39, 0.29) is 29.4 Å². The van der Waals surface area contributed by atoms with E-state index in [0.717, 1.165) is 40.5 Å². The number of aromatic hydroxyl groups is 1. The number of primary amides is 2. The first-order valence-corrected chi connectivity index (χ1v) is 14.9. The Bertz CT molecular complexity index is 1670. The second-order valence-electron chi connectivity index (χ2n) is 9.41. The molecule has 4 aromatic rings. The second kappa shape index (κ2) is 14.5. The minimum absolute atomic E-state index is 0.0361. The summed E-state index contributed by atoms with van der Waals surface area (Å²) in [5.74, 6) is -0.269. The standard InChI is InChI=1S/C14H14N2O3S.C13H12N2O3S.2C2H4/c1-19-8-4-5-9-10(6-8)20-14(11(9)12(15)17)16-13(18)7-2-3-7;14-11(17)10-8-4-3-7(16)5-9(8)19-13(10)15-12(18)6-1-2-6;2*1-2/h4-7H,2-3H2,1H3,(H2,15,17)(H,16,18);3-6,16H,1-2H2,(H2,14,17)(H,15,18);2*1-2H2. The molecule has 10 nitrogen and oxygen atoms in total. The summed E-state index contributed by atoms with van der Waals surface area (Å²) in [6, 6.07) is 10.1. The average molecular weight is 623 g/mol. The fraction of sp³-hybridized carbons (Fsp3) is 0.226. The number of anilines is 2. The number of ether oxygens (including phenoxy) is 1. The van der Waals surface area contributed by atoms with Gasteiger partial charge >= 0.3 is 0 Å². The highest BCUT2D eigenvalue weighted by Gasteiger charge is 2.32. The Hall–Kier alpha value is -4.68. The molecule has 2 fully saturated rings. The lowest BCUT2D eigenvalue weighted by atomic mass is 10.1. The third-order valence-corrected chi connectivity index (χ3v) is 8.57. The van der Waals surface area contributed by atoms with Gasteiger partial charge in [0.25, 0.3) is 11.8 Å². The molecule has 2 aromatic heterocycles. The number of phenols is 1. The van der Waals surface area contributed by atoms with Gasteiger partial charge in [-0.15, -0.1) is 49.0 Å². The van der Waals surface area contributed by atoms with Crippen LogP contribution >= 0.6 is 22.7 Å². The van der Waals surface area contributed by atoms with E-state index in [0.29, 0.717) is 32.3 Å². The molecule has 7 N–H and O–H groups in total. The molecule has 226 valence electrons. The number of carbonyl (C=O) groups is 4. The molecule has 2 aliphatic rings. The van der Waals surface area contributed by atoms with Gasteiger partial charge in [-0.25, -0.2) is 0 Å². The van der Waals surface area contributed by atoms with E-state index < -0.39 is 11.8 Å². The molecule has 0 saturated heterocycles. The largest absolute Gasteiger partial charge is 0.508 e. The number of phenolic OH excluding ortho intramolecular Hbond substituents is 1. The van der Waals surface area contributed by atoms with Crippen LogP contribution in [0.5, 0.6) is 11.5 Å². The van der Waals surface area contributed by atoms with Crippen molar-refractivity contribution >= 4 is 76.5 Å². The predicted molar refractivity (Wildman–Crippen MR) is 174 cm³/mol. The van der Waals surface area contributed by atoms with E-state index in [1.807, 2.05) is 6.07 Å². The Morgan fingerprint density at radius 3 is 1.58 bits per heavy atom. The van der Waals surface area contributed by atoms with Crippen molar-refractivity contribution in [3.05, 3.63) is 73.8 Å². The monoisotopic (exact) mass is 622 g/mol. The molecule has 6 rings (SSSR count). The summed E-state index contributed by atoms with van der Waals surface area (Å²) in [7, 11) is 1.58. The fourth-order valence-corrected chi connectivity index (χ4v) is 6.36. The third-order valence-electron chi connectivity index (χ3n) is 6.43. The highest BCUT2D eigenvalue weighted by Crippen LogP contribution is 2.40. The van der Waals surface area contributed by atoms with Crippen LogP contribution in [0, 0.1) is 11.8 Å². The van der Waals surface area contributed by atoms with E-state index in [1.54, 1.807) is 31.4 Å². The summed E-state index contributed by atoms with van der Waals surface area (Å²) in [5, 5.41) is 17.4. The molecular formula is C31H34N4O6S2. The average Bonchev–Trinajstić information content (AvgIpc) is 3.93. The normalized spacial score (nSPS) is 13.2. The summed E-state index contributed by atoms with van der Waals surface area (Å²) < 4.78 is 6.75. The van der Waals surface area contributed by atoms with E-state index in [4.69, 9.17) is 16.2 Å². The van der Waals surface area contributed by atoms with Gasteiger partial charge in [0.05, 0.1) is 18.2 Å².